The summed E-state index contributed by atoms with van der Waals surface area (Å²) in [6.07, 6.45) is 0.551. The zero-order valence-corrected chi connectivity index (χ0v) is 6.86. The topological polar surface area (TPSA) is 24.6 Å². The summed E-state index contributed by atoms with van der Waals surface area (Å²) in [4.78, 5) is 0. The van der Waals surface area contributed by atoms with E-state index in [1.807, 2.05) is 14.1 Å². The number of hydrogen-bond donors (Lipinski definition) is 1. The molecular formula is C5H12BrNO. The highest BCUT2D eigenvalue weighted by Gasteiger charge is 2.19. The number of ether oxygens (including phenoxy) is 1. The highest BCUT2D eigenvalue weighted by molar-refractivity contribution is 9.09. The van der Waals surface area contributed by atoms with Crippen LogP contribution in [0.3, 0.4) is 0 Å². The van der Waals surface area contributed by atoms with Crippen LogP contribution in [0.25, 0.3) is 0 Å². The fourth-order valence-corrected chi connectivity index (χ4v) is 0.531. The number of hydrogen-bond acceptors (Lipinski definition) is 2. The van der Waals surface area contributed by atoms with Crippen molar-refractivity contribution in [3.63, 3.8) is 0 Å². The maximum Gasteiger partial charge on any atom is 0.0906 e. The molecule has 0 radical (unpaired) electrons. The summed E-state index contributed by atoms with van der Waals surface area (Å²) in [5.74, 6) is 0. The smallest absolute Gasteiger partial charge is 0.0906 e. The molecule has 0 aromatic rings. The van der Waals surface area contributed by atoms with Crippen molar-refractivity contribution in [2.75, 3.05) is 26.0 Å². The molecule has 1 rings (SSSR count). The van der Waals surface area contributed by atoms with E-state index in [4.69, 9.17) is 4.74 Å². The lowest BCUT2D eigenvalue weighted by atomic mass is 10.6. The molecule has 0 aromatic heterocycles. The third kappa shape index (κ3) is 6.40. The van der Waals surface area contributed by atoms with Crippen molar-refractivity contribution in [2.45, 2.75) is 6.10 Å². The summed E-state index contributed by atoms with van der Waals surface area (Å²) >= 11 is 3.25. The fourth-order valence-electron chi connectivity index (χ4n) is 0.157. The molecule has 0 saturated carbocycles. The Morgan fingerprint density at radius 3 is 2.12 bits per heavy atom. The first kappa shape index (κ1) is 8.40. The maximum atomic E-state index is 4.81. The summed E-state index contributed by atoms with van der Waals surface area (Å²) in [6, 6.07) is 0. The lowest BCUT2D eigenvalue weighted by Gasteiger charge is -1.67. The summed E-state index contributed by atoms with van der Waals surface area (Å²) in [5, 5.41) is 3.76. The van der Waals surface area contributed by atoms with Crippen molar-refractivity contribution in [2.24, 2.45) is 0 Å². The molecule has 0 aliphatic carbocycles. The average Bonchev–Trinajstić information content (AvgIpc) is 2.48. The first-order valence-electron chi connectivity index (χ1n) is 2.61. The van der Waals surface area contributed by atoms with Crippen molar-refractivity contribution < 1.29 is 4.74 Å². The van der Waals surface area contributed by atoms with Crippen LogP contribution in [0.4, 0.5) is 0 Å². The molecule has 1 N–H and O–H groups in total. The second-order valence-corrected chi connectivity index (χ2v) is 2.26. The molecule has 2 nitrogen and oxygen atoms in total. The van der Waals surface area contributed by atoms with E-state index in [9.17, 15) is 0 Å². The Hall–Kier alpha value is 0.400. The van der Waals surface area contributed by atoms with Gasteiger partial charge in [0.2, 0.25) is 0 Å². The van der Waals surface area contributed by atoms with E-state index in [0.717, 1.165) is 11.9 Å². The molecule has 1 saturated heterocycles. The van der Waals surface area contributed by atoms with Gasteiger partial charge in [-0.05, 0) is 14.1 Å². The zero-order valence-electron chi connectivity index (χ0n) is 5.28. The number of epoxide rings is 1. The van der Waals surface area contributed by atoms with Gasteiger partial charge in [0.15, 0.2) is 0 Å². The number of alkyl halides is 1. The van der Waals surface area contributed by atoms with E-state index in [0.29, 0.717) is 6.10 Å². The van der Waals surface area contributed by atoms with Gasteiger partial charge in [0, 0.05) is 5.33 Å². The van der Waals surface area contributed by atoms with E-state index in [1.54, 1.807) is 0 Å². The Morgan fingerprint density at radius 2 is 2.12 bits per heavy atom. The van der Waals surface area contributed by atoms with Crippen LogP contribution in [-0.4, -0.2) is 32.1 Å². The normalized spacial score (nSPS) is 23.6. The Kier molecular flexibility index (Phi) is 5.81. The van der Waals surface area contributed by atoms with Crippen molar-refractivity contribution in [1.29, 1.82) is 0 Å². The summed E-state index contributed by atoms with van der Waals surface area (Å²) in [6.45, 7) is 0.964. The lowest BCUT2D eigenvalue weighted by molar-refractivity contribution is 0.427. The van der Waals surface area contributed by atoms with Crippen LogP contribution >= 0.6 is 15.9 Å². The van der Waals surface area contributed by atoms with Crippen LogP contribution in [0, 0.1) is 0 Å². The molecule has 1 heterocycles. The second kappa shape index (κ2) is 5.54. The van der Waals surface area contributed by atoms with E-state index >= 15 is 0 Å². The minimum absolute atomic E-state index is 0.551. The number of rotatable bonds is 1. The Labute approximate surface area is 58.7 Å². The van der Waals surface area contributed by atoms with Gasteiger partial charge in [-0.25, -0.2) is 0 Å². The molecule has 1 aliphatic heterocycles. The maximum absolute atomic E-state index is 4.81. The molecule has 1 aliphatic rings. The van der Waals surface area contributed by atoms with Gasteiger partial charge in [-0.3, -0.25) is 0 Å². The minimum atomic E-state index is 0.551. The van der Waals surface area contributed by atoms with Gasteiger partial charge in [-0.2, -0.15) is 0 Å². The molecule has 1 unspecified atom stereocenters. The summed E-state index contributed by atoms with van der Waals surface area (Å²) in [7, 11) is 3.75. The van der Waals surface area contributed by atoms with Gasteiger partial charge in [0.05, 0.1) is 12.7 Å². The third-order valence-electron chi connectivity index (χ3n) is 0.574. The van der Waals surface area contributed by atoms with Crippen LogP contribution < -0.4 is 5.32 Å². The SMILES string of the molecule is BrCC1CO1.CNC. The van der Waals surface area contributed by atoms with Gasteiger partial charge in [-0.1, -0.05) is 15.9 Å². The largest absolute Gasteiger partial charge is 0.372 e. The number of halogens is 1. The standard InChI is InChI=1S/C3H5BrO.C2H7N/c4-1-3-2-5-3;1-3-2/h3H,1-2H2;3H,1-2H3. The van der Waals surface area contributed by atoms with Crippen molar-refractivity contribution >= 4 is 15.9 Å². The van der Waals surface area contributed by atoms with E-state index < -0.39 is 0 Å². The van der Waals surface area contributed by atoms with Crippen LogP contribution in [0.2, 0.25) is 0 Å². The van der Waals surface area contributed by atoms with Crippen LogP contribution in [0.1, 0.15) is 0 Å². The van der Waals surface area contributed by atoms with Crippen LogP contribution in [-0.2, 0) is 4.74 Å². The zero-order chi connectivity index (χ0) is 6.41. The fraction of sp³-hybridized carbons (Fsp3) is 1.00. The predicted molar refractivity (Wildman–Crippen MR) is 38.5 cm³/mol. The Morgan fingerprint density at radius 1 is 1.75 bits per heavy atom. The molecule has 1 fully saturated rings. The van der Waals surface area contributed by atoms with Gasteiger partial charge in [-0.15, -0.1) is 0 Å². The molecule has 0 aromatic carbocycles. The highest BCUT2D eigenvalue weighted by atomic mass is 79.9. The molecule has 50 valence electrons. The van der Waals surface area contributed by atoms with Gasteiger partial charge >= 0.3 is 0 Å². The first-order valence-corrected chi connectivity index (χ1v) is 3.73. The quantitative estimate of drug-likeness (QED) is 0.474. The van der Waals surface area contributed by atoms with Crippen molar-refractivity contribution in [3.05, 3.63) is 0 Å². The monoisotopic (exact) mass is 181 g/mol. The minimum Gasteiger partial charge on any atom is -0.372 e. The van der Waals surface area contributed by atoms with Crippen molar-refractivity contribution in [3.8, 4) is 0 Å². The van der Waals surface area contributed by atoms with E-state index in [-0.39, 0.29) is 0 Å². The molecule has 8 heavy (non-hydrogen) atoms. The highest BCUT2D eigenvalue weighted by Crippen LogP contribution is 2.09. The molecule has 1 atom stereocenters. The molecule has 3 heteroatoms. The average molecular weight is 182 g/mol. The van der Waals surface area contributed by atoms with Crippen molar-refractivity contribution in [1.82, 2.24) is 5.32 Å². The number of nitrogens with one attached hydrogen (secondary N) is 1. The van der Waals surface area contributed by atoms with Gasteiger partial charge in [0.1, 0.15) is 0 Å². The van der Waals surface area contributed by atoms with E-state index in [1.165, 1.54) is 0 Å². The molecule has 0 bridgehead atoms. The summed E-state index contributed by atoms with van der Waals surface area (Å²) in [5.41, 5.74) is 0. The van der Waals surface area contributed by atoms with E-state index in [2.05, 4.69) is 21.2 Å². The van der Waals surface area contributed by atoms with Gasteiger partial charge < -0.3 is 10.1 Å². The third-order valence-corrected chi connectivity index (χ3v) is 1.30. The first-order chi connectivity index (χ1) is 3.85. The Bertz CT molecular complexity index is 47.7. The molecule has 0 amide bonds. The summed E-state index contributed by atoms with van der Waals surface area (Å²) < 4.78 is 4.81. The molecule has 0 spiro atoms. The molecular weight excluding hydrogens is 170 g/mol. The van der Waals surface area contributed by atoms with Crippen LogP contribution in [0.5, 0.6) is 0 Å². The van der Waals surface area contributed by atoms with Gasteiger partial charge in [0.25, 0.3) is 0 Å². The Balaban J connectivity index is 0.000000145. The van der Waals surface area contributed by atoms with Crippen LogP contribution in [0.15, 0.2) is 0 Å². The predicted octanol–water partition coefficient (Wildman–Crippen LogP) is 0.616. The second-order valence-electron chi connectivity index (χ2n) is 1.61. The lowest BCUT2D eigenvalue weighted by Crippen LogP contribution is -1.89.